The van der Waals surface area contributed by atoms with E-state index < -0.39 is 30.6 Å². The topological polar surface area (TPSA) is 52.6 Å². The van der Waals surface area contributed by atoms with E-state index in [1.54, 1.807) is 6.92 Å². The van der Waals surface area contributed by atoms with Crippen LogP contribution in [0.15, 0.2) is 0 Å². The first-order chi connectivity index (χ1) is 7.30. The zero-order valence-corrected chi connectivity index (χ0v) is 8.97. The summed E-state index contributed by atoms with van der Waals surface area (Å²) in [5.41, 5.74) is 0. The molecule has 0 aliphatic carbocycles. The first-order valence-corrected chi connectivity index (χ1v) is 4.75. The van der Waals surface area contributed by atoms with E-state index in [9.17, 15) is 22.8 Å². The molecule has 4 nitrogen and oxygen atoms in total. The molecule has 0 aromatic rings. The minimum absolute atomic E-state index is 0.0771. The Morgan fingerprint density at radius 2 is 1.81 bits per heavy atom. The molecular weight excluding hydrogens is 229 g/mol. The lowest BCUT2D eigenvalue weighted by Gasteiger charge is -2.14. The van der Waals surface area contributed by atoms with Gasteiger partial charge in [0.05, 0.1) is 18.9 Å². The summed E-state index contributed by atoms with van der Waals surface area (Å²) in [6.07, 6.45) is -5.34. The van der Waals surface area contributed by atoms with E-state index in [1.807, 2.05) is 0 Å². The molecule has 1 unspecified atom stereocenters. The Labute approximate surface area is 90.7 Å². The molecule has 0 aromatic carbocycles. The molecule has 94 valence electrons. The third-order valence-corrected chi connectivity index (χ3v) is 1.76. The second kappa shape index (κ2) is 6.34. The van der Waals surface area contributed by atoms with E-state index in [-0.39, 0.29) is 13.0 Å². The average Bonchev–Trinajstić information content (AvgIpc) is 2.11. The second-order valence-electron chi connectivity index (χ2n) is 2.98. The Kier molecular flexibility index (Phi) is 5.84. The van der Waals surface area contributed by atoms with Crippen LogP contribution in [0.5, 0.6) is 0 Å². The number of esters is 2. The van der Waals surface area contributed by atoms with Gasteiger partial charge in [0.2, 0.25) is 0 Å². The maximum Gasteiger partial charge on any atom is 0.575 e. The molecule has 0 spiro atoms. The number of alkyl halides is 3. The summed E-state index contributed by atoms with van der Waals surface area (Å²) in [5.74, 6) is -3.29. The summed E-state index contributed by atoms with van der Waals surface area (Å²) in [4.78, 5) is 22.0. The fourth-order valence-electron chi connectivity index (χ4n) is 1.01. The van der Waals surface area contributed by atoms with Gasteiger partial charge in [-0.05, 0) is 13.3 Å². The van der Waals surface area contributed by atoms with Crippen molar-refractivity contribution in [2.24, 2.45) is 5.92 Å². The van der Waals surface area contributed by atoms with Crippen molar-refractivity contribution in [1.82, 2.24) is 0 Å². The quantitative estimate of drug-likeness (QED) is 0.692. The molecule has 0 rings (SSSR count). The summed E-state index contributed by atoms with van der Waals surface area (Å²) < 4.78 is 42.9. The number of hydrogen-bond acceptors (Lipinski definition) is 4. The van der Waals surface area contributed by atoms with Crippen molar-refractivity contribution in [2.75, 3.05) is 6.61 Å². The lowest BCUT2D eigenvalue weighted by molar-refractivity contribution is -0.308. The average molecular weight is 242 g/mol. The highest BCUT2D eigenvalue weighted by atomic mass is 19.4. The lowest BCUT2D eigenvalue weighted by Crippen LogP contribution is -2.27. The highest BCUT2D eigenvalue weighted by molar-refractivity contribution is 5.79. The highest BCUT2D eigenvalue weighted by Crippen LogP contribution is 2.21. The van der Waals surface area contributed by atoms with Gasteiger partial charge in [-0.3, -0.25) is 9.59 Å². The summed E-state index contributed by atoms with van der Waals surface area (Å²) >= 11 is 0. The molecule has 0 radical (unpaired) electrons. The normalized spacial score (nSPS) is 13.1. The minimum atomic E-state index is -5.01. The first-order valence-electron chi connectivity index (χ1n) is 4.75. The van der Waals surface area contributed by atoms with Gasteiger partial charge in [0, 0.05) is 0 Å². The van der Waals surface area contributed by atoms with Crippen molar-refractivity contribution in [3.05, 3.63) is 0 Å². The van der Waals surface area contributed by atoms with Crippen LogP contribution in [0.3, 0.4) is 0 Å². The molecule has 0 fully saturated rings. The monoisotopic (exact) mass is 242 g/mol. The van der Waals surface area contributed by atoms with E-state index in [0.29, 0.717) is 0 Å². The molecule has 0 amide bonds. The summed E-state index contributed by atoms with van der Waals surface area (Å²) in [5, 5.41) is 0. The maximum absolute atomic E-state index is 11.7. The van der Waals surface area contributed by atoms with Crippen LogP contribution >= 0.6 is 0 Å². The number of rotatable bonds is 5. The van der Waals surface area contributed by atoms with Crippen molar-refractivity contribution in [2.45, 2.75) is 33.1 Å². The third kappa shape index (κ3) is 6.26. The van der Waals surface area contributed by atoms with E-state index in [4.69, 9.17) is 0 Å². The van der Waals surface area contributed by atoms with Crippen LogP contribution in [0.1, 0.15) is 26.7 Å². The van der Waals surface area contributed by atoms with Crippen molar-refractivity contribution in [3.8, 4) is 0 Å². The van der Waals surface area contributed by atoms with Crippen LogP contribution in [0, 0.1) is 5.92 Å². The number of carbonyl (C=O) groups is 2. The molecule has 1 atom stereocenters. The number of halogens is 3. The summed E-state index contributed by atoms with van der Waals surface area (Å²) in [6.45, 7) is 3.16. The number of ether oxygens (including phenoxy) is 2. The van der Waals surface area contributed by atoms with Gasteiger partial charge < -0.3 is 9.47 Å². The van der Waals surface area contributed by atoms with Crippen molar-refractivity contribution < 1.29 is 32.2 Å². The lowest BCUT2D eigenvalue weighted by atomic mass is 10.0. The SMILES string of the molecule is CCOC(=O)CC(CC)C(=O)OC(F)(F)F. The fraction of sp³-hybridized carbons (Fsp3) is 0.778. The molecule has 7 heteroatoms. The molecule has 16 heavy (non-hydrogen) atoms. The molecular formula is C9H13F3O4. The molecule has 0 N–H and O–H groups in total. The third-order valence-electron chi connectivity index (χ3n) is 1.76. The van der Waals surface area contributed by atoms with Gasteiger partial charge in [0.25, 0.3) is 0 Å². The molecule has 0 saturated heterocycles. The highest BCUT2D eigenvalue weighted by Gasteiger charge is 2.37. The molecule has 0 aromatic heterocycles. The predicted molar refractivity (Wildman–Crippen MR) is 47.2 cm³/mol. The van der Waals surface area contributed by atoms with Gasteiger partial charge in [-0.1, -0.05) is 6.92 Å². The minimum Gasteiger partial charge on any atom is -0.466 e. The summed E-state index contributed by atoms with van der Waals surface area (Å²) in [7, 11) is 0. The van der Waals surface area contributed by atoms with Gasteiger partial charge in [0.15, 0.2) is 0 Å². The van der Waals surface area contributed by atoms with Gasteiger partial charge in [0.1, 0.15) is 0 Å². The van der Waals surface area contributed by atoms with Crippen LogP contribution < -0.4 is 0 Å². The van der Waals surface area contributed by atoms with Crippen LogP contribution in [-0.4, -0.2) is 24.9 Å². The second-order valence-corrected chi connectivity index (χ2v) is 2.98. The van der Waals surface area contributed by atoms with Gasteiger partial charge in [-0.15, -0.1) is 13.2 Å². The standard InChI is InChI=1S/C9H13F3O4/c1-3-6(5-7(13)15-4-2)8(14)16-9(10,11)12/h6H,3-5H2,1-2H3. The van der Waals surface area contributed by atoms with Crippen molar-refractivity contribution in [1.29, 1.82) is 0 Å². The zero-order valence-electron chi connectivity index (χ0n) is 8.97. The Hall–Kier alpha value is -1.27. The zero-order chi connectivity index (χ0) is 12.8. The van der Waals surface area contributed by atoms with Crippen LogP contribution in [0.4, 0.5) is 13.2 Å². The van der Waals surface area contributed by atoms with E-state index in [1.165, 1.54) is 6.92 Å². The predicted octanol–water partition coefficient (Wildman–Crippen LogP) is 2.03. The Morgan fingerprint density at radius 1 is 1.25 bits per heavy atom. The Morgan fingerprint density at radius 3 is 2.19 bits per heavy atom. The van der Waals surface area contributed by atoms with Crippen LogP contribution in [0.25, 0.3) is 0 Å². The maximum atomic E-state index is 11.7. The molecule has 0 heterocycles. The van der Waals surface area contributed by atoms with Gasteiger partial charge >= 0.3 is 18.3 Å². The van der Waals surface area contributed by atoms with Crippen LogP contribution in [-0.2, 0) is 19.1 Å². The largest absolute Gasteiger partial charge is 0.575 e. The fourth-order valence-corrected chi connectivity index (χ4v) is 1.01. The van der Waals surface area contributed by atoms with E-state index in [2.05, 4.69) is 9.47 Å². The summed E-state index contributed by atoms with van der Waals surface area (Å²) in [6, 6.07) is 0. The Balaban J connectivity index is 4.27. The van der Waals surface area contributed by atoms with Gasteiger partial charge in [-0.25, -0.2) is 0 Å². The first kappa shape index (κ1) is 14.7. The van der Waals surface area contributed by atoms with Crippen molar-refractivity contribution in [3.63, 3.8) is 0 Å². The smallest absolute Gasteiger partial charge is 0.466 e. The molecule has 0 aliphatic heterocycles. The number of hydrogen-bond donors (Lipinski definition) is 0. The van der Waals surface area contributed by atoms with E-state index in [0.717, 1.165) is 0 Å². The molecule has 0 bridgehead atoms. The van der Waals surface area contributed by atoms with E-state index >= 15 is 0 Å². The van der Waals surface area contributed by atoms with Crippen LogP contribution in [0.2, 0.25) is 0 Å². The number of carbonyl (C=O) groups excluding carboxylic acids is 2. The van der Waals surface area contributed by atoms with Crippen molar-refractivity contribution >= 4 is 11.9 Å². The Bertz CT molecular complexity index is 250. The molecule has 0 saturated carbocycles. The molecule has 0 aliphatic rings. The van der Waals surface area contributed by atoms with Gasteiger partial charge in [-0.2, -0.15) is 0 Å².